The second kappa shape index (κ2) is 3.86. The topological polar surface area (TPSA) is 30.7 Å². The predicted octanol–water partition coefficient (Wildman–Crippen LogP) is 2.12. The number of rotatable bonds is 2. The zero-order valence-corrected chi connectivity index (χ0v) is 11.2. The van der Waals surface area contributed by atoms with E-state index in [1.165, 1.54) is 5.56 Å². The molecule has 1 aromatic heterocycles. The second-order valence-corrected chi connectivity index (χ2v) is 10.1. The summed E-state index contributed by atoms with van der Waals surface area (Å²) in [6.07, 6.45) is 2.05. The molecule has 1 aromatic carbocycles. The monoisotopic (exact) mass is 231 g/mol. The molecule has 0 aliphatic carbocycles. The third kappa shape index (κ3) is 2.22. The number of aromatic nitrogens is 3. The minimum Gasteiger partial charge on any atom is -0.221 e. The molecule has 1 heterocycles. The summed E-state index contributed by atoms with van der Waals surface area (Å²) in [5.74, 6) is 0. The molecule has 0 fully saturated rings. The van der Waals surface area contributed by atoms with Gasteiger partial charge in [-0.3, -0.25) is 0 Å². The Morgan fingerprint density at radius 1 is 1.06 bits per heavy atom. The highest BCUT2D eigenvalue weighted by molar-refractivity contribution is 6.88. The third-order valence-corrected chi connectivity index (χ3v) is 4.33. The van der Waals surface area contributed by atoms with Gasteiger partial charge < -0.3 is 0 Å². The van der Waals surface area contributed by atoms with Crippen LogP contribution in [0.3, 0.4) is 0 Å². The van der Waals surface area contributed by atoms with E-state index in [0.29, 0.717) is 0 Å². The maximum atomic E-state index is 4.26. The summed E-state index contributed by atoms with van der Waals surface area (Å²) in [5, 5.41) is 9.59. The quantitative estimate of drug-likeness (QED) is 0.741. The Morgan fingerprint density at radius 3 is 2.19 bits per heavy atom. The van der Waals surface area contributed by atoms with Gasteiger partial charge in [0.05, 0.1) is 11.0 Å². The van der Waals surface area contributed by atoms with Gasteiger partial charge in [0.2, 0.25) is 0 Å². The Hall–Kier alpha value is -1.42. The van der Waals surface area contributed by atoms with Crippen molar-refractivity contribution in [1.29, 1.82) is 0 Å². The van der Waals surface area contributed by atoms with E-state index in [1.54, 1.807) is 0 Å². The van der Waals surface area contributed by atoms with Crippen LogP contribution in [-0.4, -0.2) is 23.1 Å². The fourth-order valence-electron chi connectivity index (χ4n) is 1.43. The Kier molecular flexibility index (Phi) is 2.67. The maximum Gasteiger partial charge on any atom is 0.106 e. The van der Waals surface area contributed by atoms with Gasteiger partial charge in [0, 0.05) is 6.20 Å². The van der Waals surface area contributed by atoms with E-state index in [4.69, 9.17) is 0 Å². The molecule has 84 valence electrons. The molecule has 3 nitrogen and oxygen atoms in total. The average Bonchev–Trinajstić information content (AvgIpc) is 2.67. The number of aryl methyl sites for hydroxylation is 1. The zero-order chi connectivity index (χ0) is 11.8. The third-order valence-electron chi connectivity index (χ3n) is 2.56. The first-order valence-electron chi connectivity index (χ1n) is 5.47. The van der Waals surface area contributed by atoms with Crippen LogP contribution in [0, 0.1) is 6.92 Å². The van der Waals surface area contributed by atoms with Gasteiger partial charge in [-0.25, -0.2) is 4.68 Å². The molecule has 0 aliphatic rings. The highest BCUT2D eigenvalue weighted by Crippen LogP contribution is 2.07. The molecule has 16 heavy (non-hydrogen) atoms. The van der Waals surface area contributed by atoms with Crippen LogP contribution in [-0.2, 0) is 0 Å². The summed E-state index contributed by atoms with van der Waals surface area (Å²) in [5.41, 5.74) is 2.33. The first kappa shape index (κ1) is 11.1. The van der Waals surface area contributed by atoms with Crippen molar-refractivity contribution < 1.29 is 0 Å². The lowest BCUT2D eigenvalue weighted by Crippen LogP contribution is -2.38. The number of hydrogen-bond donors (Lipinski definition) is 0. The lowest BCUT2D eigenvalue weighted by atomic mass is 10.2. The molecule has 0 aliphatic heterocycles. The largest absolute Gasteiger partial charge is 0.221 e. The van der Waals surface area contributed by atoms with Crippen LogP contribution in [0.4, 0.5) is 0 Å². The number of nitrogens with zero attached hydrogens (tertiary/aromatic N) is 3. The van der Waals surface area contributed by atoms with Gasteiger partial charge in [-0.15, -0.1) is 5.10 Å². The molecule has 2 rings (SSSR count). The summed E-state index contributed by atoms with van der Waals surface area (Å²) < 4.78 is 1.85. The first-order chi connectivity index (χ1) is 7.47. The van der Waals surface area contributed by atoms with E-state index in [0.717, 1.165) is 11.0 Å². The van der Waals surface area contributed by atoms with Crippen molar-refractivity contribution in [2.45, 2.75) is 26.6 Å². The molecule has 0 unspecified atom stereocenters. The van der Waals surface area contributed by atoms with E-state index in [1.807, 2.05) is 4.68 Å². The van der Waals surface area contributed by atoms with Gasteiger partial charge in [0.1, 0.15) is 8.07 Å². The Balaban J connectivity index is 2.35. The molecule has 0 saturated heterocycles. The predicted molar refractivity (Wildman–Crippen MR) is 69.1 cm³/mol. The van der Waals surface area contributed by atoms with Crippen LogP contribution < -0.4 is 5.32 Å². The van der Waals surface area contributed by atoms with E-state index in [9.17, 15) is 0 Å². The molecule has 0 radical (unpaired) electrons. The SMILES string of the molecule is Cc1ccc(-n2cc([Si](C)(C)C)nn2)cc1. The molecule has 0 saturated carbocycles. The Bertz CT molecular complexity index is 480. The highest BCUT2D eigenvalue weighted by Gasteiger charge is 2.20. The van der Waals surface area contributed by atoms with Crippen molar-refractivity contribution in [2.75, 3.05) is 0 Å². The maximum absolute atomic E-state index is 4.26. The van der Waals surface area contributed by atoms with Gasteiger partial charge in [-0.1, -0.05) is 42.6 Å². The molecule has 0 amide bonds. The molecule has 0 spiro atoms. The highest BCUT2D eigenvalue weighted by atomic mass is 28.3. The van der Waals surface area contributed by atoms with Crippen LogP contribution in [0.2, 0.25) is 19.6 Å². The Morgan fingerprint density at radius 2 is 1.69 bits per heavy atom. The zero-order valence-electron chi connectivity index (χ0n) is 10.2. The molecule has 2 aromatic rings. The van der Waals surface area contributed by atoms with Crippen molar-refractivity contribution in [1.82, 2.24) is 15.0 Å². The fraction of sp³-hybridized carbons (Fsp3) is 0.333. The van der Waals surface area contributed by atoms with E-state index < -0.39 is 8.07 Å². The normalized spacial score (nSPS) is 11.8. The minimum absolute atomic E-state index is 1.07. The van der Waals surface area contributed by atoms with Crippen LogP contribution in [0.1, 0.15) is 5.56 Å². The summed E-state index contributed by atoms with van der Waals surface area (Å²) in [6, 6.07) is 8.31. The van der Waals surface area contributed by atoms with Gasteiger partial charge in [0.25, 0.3) is 0 Å². The molecule has 4 heteroatoms. The summed E-state index contributed by atoms with van der Waals surface area (Å²) >= 11 is 0. The second-order valence-electron chi connectivity index (χ2n) is 5.13. The van der Waals surface area contributed by atoms with Crippen LogP contribution >= 0.6 is 0 Å². The molecule has 0 atom stereocenters. The lowest BCUT2D eigenvalue weighted by molar-refractivity contribution is 0.804. The fourth-order valence-corrected chi connectivity index (χ4v) is 2.29. The first-order valence-corrected chi connectivity index (χ1v) is 8.97. The molecule has 0 bridgehead atoms. The lowest BCUT2D eigenvalue weighted by Gasteiger charge is -2.09. The van der Waals surface area contributed by atoms with Crippen LogP contribution in [0.25, 0.3) is 5.69 Å². The van der Waals surface area contributed by atoms with Gasteiger partial charge in [-0.05, 0) is 19.1 Å². The van der Waals surface area contributed by atoms with Crippen molar-refractivity contribution >= 4 is 13.4 Å². The number of benzene rings is 1. The molecule has 0 N–H and O–H groups in total. The van der Waals surface area contributed by atoms with Gasteiger partial charge >= 0.3 is 0 Å². The van der Waals surface area contributed by atoms with Crippen LogP contribution in [0.5, 0.6) is 0 Å². The van der Waals surface area contributed by atoms with E-state index >= 15 is 0 Å². The minimum atomic E-state index is -1.35. The van der Waals surface area contributed by atoms with Crippen molar-refractivity contribution in [2.24, 2.45) is 0 Å². The smallest absolute Gasteiger partial charge is 0.106 e. The standard InChI is InChI=1S/C12H17N3Si/c1-10-5-7-11(8-6-10)15-9-12(13-14-15)16(2,3)4/h5-9H,1-4H3. The van der Waals surface area contributed by atoms with Crippen molar-refractivity contribution in [3.63, 3.8) is 0 Å². The van der Waals surface area contributed by atoms with E-state index in [2.05, 4.69) is 67.3 Å². The molecular formula is C12H17N3Si. The summed E-state index contributed by atoms with van der Waals surface area (Å²) in [4.78, 5) is 0. The van der Waals surface area contributed by atoms with Crippen molar-refractivity contribution in [3.8, 4) is 5.69 Å². The number of hydrogen-bond acceptors (Lipinski definition) is 2. The summed E-state index contributed by atoms with van der Waals surface area (Å²) in [6.45, 7) is 8.90. The summed E-state index contributed by atoms with van der Waals surface area (Å²) in [7, 11) is -1.35. The molecular weight excluding hydrogens is 214 g/mol. The van der Waals surface area contributed by atoms with Crippen molar-refractivity contribution in [3.05, 3.63) is 36.0 Å². The van der Waals surface area contributed by atoms with Crippen LogP contribution in [0.15, 0.2) is 30.5 Å². The van der Waals surface area contributed by atoms with E-state index in [-0.39, 0.29) is 0 Å². The average molecular weight is 231 g/mol. The Labute approximate surface area is 97.1 Å². The van der Waals surface area contributed by atoms with Gasteiger partial charge in [0.15, 0.2) is 0 Å². The van der Waals surface area contributed by atoms with Gasteiger partial charge in [-0.2, -0.15) is 0 Å².